The van der Waals surface area contributed by atoms with Crippen LogP contribution in [0.1, 0.15) is 34.3 Å². The van der Waals surface area contributed by atoms with Gasteiger partial charge < -0.3 is 10.2 Å². The number of hydrogen-bond donors (Lipinski definition) is 1. The molecular formula is C28H30N2O2. The number of carbonyl (C=O) groups is 2. The monoisotopic (exact) mass is 426 g/mol. The fourth-order valence-corrected chi connectivity index (χ4v) is 4.24. The maximum atomic E-state index is 12.9. The van der Waals surface area contributed by atoms with Crippen molar-refractivity contribution in [1.82, 2.24) is 10.2 Å². The molecule has 1 saturated heterocycles. The number of amides is 2. The van der Waals surface area contributed by atoms with Crippen LogP contribution >= 0.6 is 0 Å². The topological polar surface area (TPSA) is 49.4 Å². The summed E-state index contributed by atoms with van der Waals surface area (Å²) in [7, 11) is 1.86. The van der Waals surface area contributed by atoms with E-state index in [4.69, 9.17) is 0 Å². The fraction of sp³-hybridized carbons (Fsp3) is 0.286. The summed E-state index contributed by atoms with van der Waals surface area (Å²) in [6, 6.07) is 26.4. The van der Waals surface area contributed by atoms with E-state index in [9.17, 15) is 9.59 Å². The van der Waals surface area contributed by atoms with Gasteiger partial charge in [0.25, 0.3) is 5.91 Å². The van der Waals surface area contributed by atoms with Gasteiger partial charge in [0.05, 0.1) is 0 Å². The van der Waals surface area contributed by atoms with Gasteiger partial charge in [-0.1, -0.05) is 66.7 Å². The Balaban J connectivity index is 1.40. The van der Waals surface area contributed by atoms with Crippen LogP contribution in [0, 0.1) is 5.92 Å². The van der Waals surface area contributed by atoms with Gasteiger partial charge in [-0.05, 0) is 60.1 Å². The number of benzene rings is 3. The molecule has 0 radical (unpaired) electrons. The lowest BCUT2D eigenvalue weighted by atomic mass is 9.91. The van der Waals surface area contributed by atoms with Crippen molar-refractivity contribution >= 4 is 11.8 Å². The Morgan fingerprint density at radius 1 is 0.938 bits per heavy atom. The minimum Gasteiger partial charge on any atom is -0.356 e. The zero-order valence-corrected chi connectivity index (χ0v) is 18.6. The Hall–Kier alpha value is -3.40. The average Bonchev–Trinajstić information content (AvgIpc) is 2.84. The van der Waals surface area contributed by atoms with E-state index in [1.54, 1.807) is 4.90 Å². The Bertz CT molecular complexity index is 1060. The highest BCUT2D eigenvalue weighted by atomic mass is 16.2. The lowest BCUT2D eigenvalue weighted by Gasteiger charge is -2.21. The highest BCUT2D eigenvalue weighted by Crippen LogP contribution is 2.24. The molecule has 164 valence electrons. The van der Waals surface area contributed by atoms with Crippen molar-refractivity contribution in [3.05, 3.63) is 95.6 Å². The third-order valence-electron chi connectivity index (χ3n) is 6.20. The summed E-state index contributed by atoms with van der Waals surface area (Å²) >= 11 is 0. The zero-order chi connectivity index (χ0) is 22.3. The zero-order valence-electron chi connectivity index (χ0n) is 18.6. The van der Waals surface area contributed by atoms with Crippen LogP contribution in [-0.4, -0.2) is 36.9 Å². The van der Waals surface area contributed by atoms with Gasteiger partial charge in [0.1, 0.15) is 0 Å². The number of carbonyl (C=O) groups excluding carboxylic acids is 2. The van der Waals surface area contributed by atoms with Crippen molar-refractivity contribution < 1.29 is 9.59 Å². The first-order chi connectivity index (χ1) is 15.6. The number of piperidine rings is 1. The van der Waals surface area contributed by atoms with E-state index >= 15 is 0 Å². The molecule has 4 nitrogen and oxygen atoms in total. The second kappa shape index (κ2) is 10.3. The molecule has 1 heterocycles. The first-order valence-corrected chi connectivity index (χ1v) is 11.4. The Morgan fingerprint density at radius 2 is 1.72 bits per heavy atom. The van der Waals surface area contributed by atoms with Gasteiger partial charge in [-0.3, -0.25) is 9.59 Å². The van der Waals surface area contributed by atoms with Gasteiger partial charge in [-0.15, -0.1) is 0 Å². The van der Waals surface area contributed by atoms with Crippen molar-refractivity contribution in [3.8, 4) is 11.1 Å². The predicted molar refractivity (Wildman–Crippen MR) is 128 cm³/mol. The van der Waals surface area contributed by atoms with Crippen LogP contribution in [0.3, 0.4) is 0 Å². The van der Waals surface area contributed by atoms with Crippen LogP contribution in [0.2, 0.25) is 0 Å². The van der Waals surface area contributed by atoms with Gasteiger partial charge in [0, 0.05) is 31.6 Å². The highest BCUT2D eigenvalue weighted by Gasteiger charge is 2.22. The Morgan fingerprint density at radius 3 is 2.47 bits per heavy atom. The summed E-state index contributed by atoms with van der Waals surface area (Å²) in [6.07, 6.45) is 3.62. The number of rotatable bonds is 7. The van der Waals surface area contributed by atoms with Crippen molar-refractivity contribution in [1.29, 1.82) is 0 Å². The maximum absolute atomic E-state index is 12.9. The minimum absolute atomic E-state index is 0.0303. The molecule has 1 N–H and O–H groups in total. The Labute approximate surface area is 190 Å². The number of likely N-dealkylation sites (N-methyl/N-ethyl adjacent to an activating group) is 1. The van der Waals surface area contributed by atoms with Crippen LogP contribution in [0.5, 0.6) is 0 Å². The molecule has 0 bridgehead atoms. The summed E-state index contributed by atoms with van der Waals surface area (Å²) in [5.41, 5.74) is 5.19. The van der Waals surface area contributed by atoms with Gasteiger partial charge in [-0.2, -0.15) is 0 Å². The number of nitrogens with one attached hydrogen (secondary N) is 1. The van der Waals surface area contributed by atoms with Gasteiger partial charge in [0.2, 0.25) is 5.91 Å². The predicted octanol–water partition coefficient (Wildman–Crippen LogP) is 4.74. The van der Waals surface area contributed by atoms with E-state index < -0.39 is 0 Å². The first kappa shape index (κ1) is 21.8. The van der Waals surface area contributed by atoms with E-state index in [1.807, 2.05) is 49.5 Å². The summed E-state index contributed by atoms with van der Waals surface area (Å²) in [6.45, 7) is 1.47. The molecule has 1 unspecified atom stereocenters. The number of nitrogens with zero attached hydrogens (tertiary/aromatic N) is 1. The minimum atomic E-state index is 0.0303. The molecule has 4 heteroatoms. The molecule has 0 aromatic heterocycles. The largest absolute Gasteiger partial charge is 0.356 e. The van der Waals surface area contributed by atoms with Gasteiger partial charge in [-0.25, -0.2) is 0 Å². The van der Waals surface area contributed by atoms with Crippen molar-refractivity contribution in [3.63, 3.8) is 0 Å². The molecular weight excluding hydrogens is 396 g/mol. The average molecular weight is 427 g/mol. The smallest absolute Gasteiger partial charge is 0.253 e. The normalized spacial score (nSPS) is 15.8. The van der Waals surface area contributed by atoms with Crippen LogP contribution < -0.4 is 5.32 Å². The van der Waals surface area contributed by atoms with Crippen molar-refractivity contribution in [2.75, 3.05) is 20.1 Å². The second-order valence-electron chi connectivity index (χ2n) is 8.57. The van der Waals surface area contributed by atoms with Crippen LogP contribution in [0.15, 0.2) is 78.9 Å². The summed E-state index contributed by atoms with van der Waals surface area (Å²) < 4.78 is 0. The SMILES string of the molecule is CN(CCc1ccccc1)C(=O)c1cccc(-c2ccc(CC3CCCNC3=O)cc2)c1. The molecule has 4 rings (SSSR count). The van der Waals surface area contributed by atoms with E-state index in [-0.39, 0.29) is 17.7 Å². The Kier molecular flexibility index (Phi) is 7.00. The highest BCUT2D eigenvalue weighted by molar-refractivity contribution is 5.95. The molecule has 1 aliphatic rings. The van der Waals surface area contributed by atoms with Gasteiger partial charge >= 0.3 is 0 Å². The van der Waals surface area contributed by atoms with E-state index in [0.29, 0.717) is 12.1 Å². The molecule has 0 aliphatic carbocycles. The lowest BCUT2D eigenvalue weighted by Crippen LogP contribution is -2.37. The first-order valence-electron chi connectivity index (χ1n) is 11.4. The van der Waals surface area contributed by atoms with Crippen LogP contribution in [-0.2, 0) is 17.6 Å². The van der Waals surface area contributed by atoms with E-state index in [2.05, 4.69) is 41.7 Å². The van der Waals surface area contributed by atoms with E-state index in [0.717, 1.165) is 43.4 Å². The fourth-order valence-electron chi connectivity index (χ4n) is 4.24. The second-order valence-corrected chi connectivity index (χ2v) is 8.57. The third-order valence-corrected chi connectivity index (χ3v) is 6.20. The molecule has 1 atom stereocenters. The molecule has 3 aromatic rings. The molecule has 0 spiro atoms. The lowest BCUT2D eigenvalue weighted by molar-refractivity contribution is -0.126. The summed E-state index contributed by atoms with van der Waals surface area (Å²) in [5, 5.41) is 2.96. The molecule has 1 fully saturated rings. The molecule has 0 saturated carbocycles. The standard InChI is InChI=1S/C28H30N2O2/c1-30(18-16-21-7-3-2-4-8-21)28(32)26-10-5-9-24(20-26)23-14-12-22(13-15-23)19-25-11-6-17-29-27(25)31/h2-5,7-10,12-15,20,25H,6,11,16-19H2,1H3,(H,29,31). The van der Waals surface area contributed by atoms with E-state index in [1.165, 1.54) is 11.1 Å². The molecule has 3 aromatic carbocycles. The van der Waals surface area contributed by atoms with Crippen LogP contribution in [0.25, 0.3) is 11.1 Å². The van der Waals surface area contributed by atoms with Gasteiger partial charge in [0.15, 0.2) is 0 Å². The van der Waals surface area contributed by atoms with Crippen molar-refractivity contribution in [2.45, 2.75) is 25.7 Å². The quantitative estimate of drug-likeness (QED) is 0.593. The summed E-state index contributed by atoms with van der Waals surface area (Å²) in [4.78, 5) is 26.7. The number of hydrogen-bond acceptors (Lipinski definition) is 2. The summed E-state index contributed by atoms with van der Waals surface area (Å²) in [5.74, 6) is 0.271. The molecule has 32 heavy (non-hydrogen) atoms. The third kappa shape index (κ3) is 5.44. The van der Waals surface area contributed by atoms with Crippen LogP contribution in [0.4, 0.5) is 0 Å². The van der Waals surface area contributed by atoms with Crippen molar-refractivity contribution in [2.24, 2.45) is 5.92 Å². The maximum Gasteiger partial charge on any atom is 0.253 e. The molecule has 2 amide bonds. The molecule has 1 aliphatic heterocycles.